The molecule has 88 valence electrons. The highest BCUT2D eigenvalue weighted by Crippen LogP contribution is 2.33. The first-order valence-electron chi connectivity index (χ1n) is 6.25. The van der Waals surface area contributed by atoms with Crippen LogP contribution in [0, 0.1) is 17.8 Å². The van der Waals surface area contributed by atoms with Gasteiger partial charge in [0.05, 0.1) is 0 Å². The summed E-state index contributed by atoms with van der Waals surface area (Å²) in [4.78, 5) is 11.7. The second-order valence-corrected chi connectivity index (χ2v) is 4.93. The molecule has 1 fully saturated rings. The number of carbonyl (C=O) groups is 1. The second-order valence-electron chi connectivity index (χ2n) is 4.93. The molecule has 2 atom stereocenters. The van der Waals surface area contributed by atoms with Gasteiger partial charge < -0.3 is 4.74 Å². The Bertz CT molecular complexity index is 199. The summed E-state index contributed by atoms with van der Waals surface area (Å²) in [5, 5.41) is 0. The topological polar surface area (TPSA) is 26.3 Å². The molecule has 1 rings (SSSR count). The summed E-state index contributed by atoms with van der Waals surface area (Å²) >= 11 is 0. The van der Waals surface area contributed by atoms with Crippen LogP contribution in [-0.2, 0) is 9.53 Å². The maximum absolute atomic E-state index is 11.7. The molecule has 0 aromatic rings. The van der Waals surface area contributed by atoms with E-state index in [1.165, 1.54) is 0 Å². The minimum absolute atomic E-state index is 0.276. The van der Waals surface area contributed by atoms with Gasteiger partial charge >= 0.3 is 0 Å². The number of hydrogen-bond donors (Lipinski definition) is 0. The van der Waals surface area contributed by atoms with E-state index < -0.39 is 0 Å². The van der Waals surface area contributed by atoms with Gasteiger partial charge in [-0.25, -0.2) is 0 Å². The van der Waals surface area contributed by atoms with Crippen molar-refractivity contribution in [1.82, 2.24) is 0 Å². The summed E-state index contributed by atoms with van der Waals surface area (Å²) in [7, 11) is 0. The maximum Gasteiger partial charge on any atom is 0.136 e. The van der Waals surface area contributed by atoms with E-state index in [0.717, 1.165) is 44.8 Å². The van der Waals surface area contributed by atoms with Crippen LogP contribution in [0.4, 0.5) is 0 Å². The smallest absolute Gasteiger partial charge is 0.136 e. The van der Waals surface area contributed by atoms with E-state index in [0.29, 0.717) is 11.7 Å². The summed E-state index contributed by atoms with van der Waals surface area (Å²) in [5.41, 5.74) is 0. The zero-order valence-electron chi connectivity index (χ0n) is 10.3. The Morgan fingerprint density at radius 2 is 2.20 bits per heavy atom. The van der Waals surface area contributed by atoms with Gasteiger partial charge in [0, 0.05) is 25.6 Å². The van der Waals surface area contributed by atoms with Gasteiger partial charge in [0.1, 0.15) is 5.78 Å². The predicted octanol–water partition coefficient (Wildman–Crippen LogP) is 3.05. The van der Waals surface area contributed by atoms with Crippen LogP contribution in [0.3, 0.4) is 0 Å². The summed E-state index contributed by atoms with van der Waals surface area (Å²) in [5.74, 6) is 2.20. The van der Waals surface area contributed by atoms with Crippen LogP contribution in [0.25, 0.3) is 0 Å². The molecule has 0 spiro atoms. The number of Topliss-reactive ketones (excluding diaryl/α,β-unsaturated/α-hetero) is 1. The third kappa shape index (κ3) is 3.94. The van der Waals surface area contributed by atoms with Gasteiger partial charge in [-0.1, -0.05) is 13.8 Å². The SMILES string of the molecule is CCOCCC1CC(C(C)C)CCC1=O. The second kappa shape index (κ2) is 6.26. The maximum atomic E-state index is 11.7. The highest BCUT2D eigenvalue weighted by molar-refractivity contribution is 5.81. The van der Waals surface area contributed by atoms with E-state index in [4.69, 9.17) is 4.74 Å². The van der Waals surface area contributed by atoms with Crippen molar-refractivity contribution >= 4 is 5.78 Å². The van der Waals surface area contributed by atoms with Crippen LogP contribution in [-0.4, -0.2) is 19.0 Å². The fourth-order valence-corrected chi connectivity index (χ4v) is 2.40. The lowest BCUT2D eigenvalue weighted by atomic mass is 9.74. The van der Waals surface area contributed by atoms with Gasteiger partial charge in [-0.3, -0.25) is 4.79 Å². The molecule has 0 amide bonds. The molecule has 2 heteroatoms. The van der Waals surface area contributed by atoms with Gasteiger partial charge in [0.15, 0.2) is 0 Å². The summed E-state index contributed by atoms with van der Waals surface area (Å²) in [6.07, 6.45) is 3.90. The van der Waals surface area contributed by atoms with E-state index >= 15 is 0 Å². The van der Waals surface area contributed by atoms with Crippen molar-refractivity contribution in [1.29, 1.82) is 0 Å². The van der Waals surface area contributed by atoms with E-state index in [9.17, 15) is 4.79 Å². The molecule has 2 nitrogen and oxygen atoms in total. The molecule has 1 aliphatic rings. The molecule has 1 saturated carbocycles. The van der Waals surface area contributed by atoms with Crippen LogP contribution >= 0.6 is 0 Å². The highest BCUT2D eigenvalue weighted by Gasteiger charge is 2.29. The van der Waals surface area contributed by atoms with Crippen molar-refractivity contribution in [3.05, 3.63) is 0 Å². The first-order valence-corrected chi connectivity index (χ1v) is 6.25. The molecule has 0 heterocycles. The van der Waals surface area contributed by atoms with Gasteiger partial charge in [-0.05, 0) is 38.0 Å². The van der Waals surface area contributed by atoms with Gasteiger partial charge in [0.2, 0.25) is 0 Å². The van der Waals surface area contributed by atoms with E-state index in [1.807, 2.05) is 6.92 Å². The van der Waals surface area contributed by atoms with Crippen LogP contribution in [0.15, 0.2) is 0 Å². The molecule has 0 aromatic carbocycles. The molecule has 2 unspecified atom stereocenters. The Morgan fingerprint density at radius 1 is 1.47 bits per heavy atom. The number of rotatable bonds is 5. The highest BCUT2D eigenvalue weighted by atomic mass is 16.5. The average Bonchev–Trinajstić information content (AvgIpc) is 2.20. The van der Waals surface area contributed by atoms with Gasteiger partial charge in [0.25, 0.3) is 0 Å². The van der Waals surface area contributed by atoms with Crippen molar-refractivity contribution in [2.24, 2.45) is 17.8 Å². The molecule has 15 heavy (non-hydrogen) atoms. The monoisotopic (exact) mass is 212 g/mol. The minimum Gasteiger partial charge on any atom is -0.382 e. The van der Waals surface area contributed by atoms with Gasteiger partial charge in [-0.2, -0.15) is 0 Å². The lowest BCUT2D eigenvalue weighted by Crippen LogP contribution is -2.28. The van der Waals surface area contributed by atoms with Crippen molar-refractivity contribution in [3.8, 4) is 0 Å². The summed E-state index contributed by atoms with van der Waals surface area (Å²) < 4.78 is 5.33. The van der Waals surface area contributed by atoms with Crippen molar-refractivity contribution in [3.63, 3.8) is 0 Å². The molecular formula is C13H24O2. The zero-order chi connectivity index (χ0) is 11.3. The van der Waals surface area contributed by atoms with Crippen molar-refractivity contribution < 1.29 is 9.53 Å². The Hall–Kier alpha value is -0.370. The Labute approximate surface area is 93.4 Å². The molecule has 0 aromatic heterocycles. The standard InChI is InChI=1S/C13H24O2/c1-4-15-8-7-12-9-11(10(2)3)5-6-13(12)14/h10-12H,4-9H2,1-3H3. The van der Waals surface area contributed by atoms with E-state index in [1.54, 1.807) is 0 Å². The predicted molar refractivity (Wildman–Crippen MR) is 61.8 cm³/mol. The summed E-state index contributed by atoms with van der Waals surface area (Å²) in [6.45, 7) is 8.03. The Morgan fingerprint density at radius 3 is 2.80 bits per heavy atom. The Balaban J connectivity index is 2.36. The first kappa shape index (κ1) is 12.7. The van der Waals surface area contributed by atoms with Gasteiger partial charge in [-0.15, -0.1) is 0 Å². The molecular weight excluding hydrogens is 188 g/mol. The minimum atomic E-state index is 0.276. The lowest BCUT2D eigenvalue weighted by Gasteiger charge is -2.30. The molecule has 0 radical (unpaired) electrons. The van der Waals surface area contributed by atoms with Crippen molar-refractivity contribution in [2.75, 3.05) is 13.2 Å². The molecule has 1 aliphatic carbocycles. The average molecular weight is 212 g/mol. The third-order valence-electron chi connectivity index (χ3n) is 3.56. The van der Waals surface area contributed by atoms with E-state index in [-0.39, 0.29) is 5.92 Å². The van der Waals surface area contributed by atoms with Crippen LogP contribution in [0.1, 0.15) is 46.5 Å². The fraction of sp³-hybridized carbons (Fsp3) is 0.923. The van der Waals surface area contributed by atoms with E-state index in [2.05, 4.69) is 13.8 Å². The van der Waals surface area contributed by atoms with Crippen LogP contribution < -0.4 is 0 Å². The molecule has 0 saturated heterocycles. The Kier molecular flexibility index (Phi) is 5.30. The van der Waals surface area contributed by atoms with Crippen molar-refractivity contribution in [2.45, 2.75) is 46.5 Å². The molecule has 0 N–H and O–H groups in total. The number of carbonyl (C=O) groups excluding carboxylic acids is 1. The van der Waals surface area contributed by atoms with Crippen LogP contribution in [0.5, 0.6) is 0 Å². The van der Waals surface area contributed by atoms with Crippen LogP contribution in [0.2, 0.25) is 0 Å². The molecule has 0 bridgehead atoms. The number of ether oxygens (including phenoxy) is 1. The third-order valence-corrected chi connectivity index (χ3v) is 3.56. The number of hydrogen-bond acceptors (Lipinski definition) is 2. The normalized spacial score (nSPS) is 27.3. The largest absolute Gasteiger partial charge is 0.382 e. The quantitative estimate of drug-likeness (QED) is 0.655. The molecule has 0 aliphatic heterocycles. The first-order chi connectivity index (χ1) is 7.15. The number of ketones is 1. The fourth-order valence-electron chi connectivity index (χ4n) is 2.40. The summed E-state index contributed by atoms with van der Waals surface area (Å²) in [6, 6.07) is 0. The lowest BCUT2D eigenvalue weighted by molar-refractivity contribution is -0.126. The zero-order valence-corrected chi connectivity index (χ0v) is 10.3.